The Morgan fingerprint density at radius 2 is 1.89 bits per heavy atom. The van der Waals surface area contributed by atoms with E-state index in [1.165, 1.54) is 5.28 Å². The summed E-state index contributed by atoms with van der Waals surface area (Å²) in [5, 5.41) is 1.38. The lowest BCUT2D eigenvalue weighted by molar-refractivity contribution is 1.46. The van der Waals surface area contributed by atoms with Crippen LogP contribution in [0.4, 0.5) is 0 Å². The second kappa shape index (κ2) is 3.72. The molecule has 0 aliphatic carbocycles. The van der Waals surface area contributed by atoms with Gasteiger partial charge in [0.1, 0.15) is 0 Å². The summed E-state index contributed by atoms with van der Waals surface area (Å²) in [6, 6.07) is 10.8. The molecule has 0 unspecified atom stereocenters. The molecule has 0 aromatic heterocycles. The third-order valence-electron chi connectivity index (χ3n) is 1.38. The van der Waals surface area contributed by atoms with Gasteiger partial charge in [0.25, 0.3) is 15.2 Å². The molecule has 0 saturated carbocycles. The van der Waals surface area contributed by atoms with Crippen LogP contribution in [0.1, 0.15) is 6.92 Å². The molecule has 0 heterocycles. The summed E-state index contributed by atoms with van der Waals surface area (Å²) in [7, 11) is 0. The molecule has 0 atom stereocenters. The lowest BCUT2D eigenvalue weighted by Crippen LogP contribution is -2.10. The SMILES string of the molecule is C[CH2][AlH][c]1ccccc1. The van der Waals surface area contributed by atoms with Crippen molar-refractivity contribution in [1.29, 1.82) is 0 Å². The predicted molar refractivity (Wildman–Crippen MR) is 43.7 cm³/mol. The maximum atomic E-state index is 2.26. The molecule has 0 nitrogen and oxygen atoms in total. The fourth-order valence-corrected chi connectivity index (χ4v) is 2.12. The summed E-state index contributed by atoms with van der Waals surface area (Å²) in [5.41, 5.74) is 0. The van der Waals surface area contributed by atoms with Gasteiger partial charge in [0, 0.05) is 0 Å². The molecule has 0 aliphatic heterocycles. The fraction of sp³-hybridized carbons (Fsp3) is 0.250. The third kappa shape index (κ3) is 2.22. The molecule has 1 aromatic rings. The van der Waals surface area contributed by atoms with Gasteiger partial charge in [0.05, 0.1) is 0 Å². The summed E-state index contributed by atoms with van der Waals surface area (Å²) < 4.78 is 1.58. The van der Waals surface area contributed by atoms with E-state index in [0.717, 1.165) is 0 Å². The topological polar surface area (TPSA) is 0 Å². The molecule has 0 bridgehead atoms. The normalized spacial score (nSPS) is 9.00. The van der Waals surface area contributed by atoms with Crippen LogP contribution in [-0.2, 0) is 0 Å². The summed E-state index contributed by atoms with van der Waals surface area (Å²) in [6.07, 6.45) is 0. The highest BCUT2D eigenvalue weighted by atomic mass is 27.1. The van der Waals surface area contributed by atoms with Crippen LogP contribution in [0.2, 0.25) is 5.28 Å². The van der Waals surface area contributed by atoms with E-state index in [-0.39, 0.29) is 15.2 Å². The van der Waals surface area contributed by atoms with E-state index in [4.69, 9.17) is 0 Å². The minimum atomic E-state index is 0.0990. The number of rotatable bonds is 2. The van der Waals surface area contributed by atoms with Crippen LogP contribution in [0.25, 0.3) is 0 Å². The highest BCUT2D eigenvalue weighted by molar-refractivity contribution is 6.53. The van der Waals surface area contributed by atoms with Crippen LogP contribution in [0, 0.1) is 0 Å². The fourth-order valence-electron chi connectivity index (χ4n) is 0.933. The van der Waals surface area contributed by atoms with Gasteiger partial charge < -0.3 is 0 Å². The average molecular weight is 134 g/mol. The Kier molecular flexibility index (Phi) is 2.84. The second-order valence-corrected chi connectivity index (χ2v) is 4.55. The van der Waals surface area contributed by atoms with Gasteiger partial charge in [-0.05, 0) is 0 Å². The van der Waals surface area contributed by atoms with Crippen LogP contribution in [0.15, 0.2) is 30.3 Å². The molecular weight excluding hydrogens is 123 g/mol. The Bertz CT molecular complexity index is 157. The first-order chi connectivity index (χ1) is 4.43. The van der Waals surface area contributed by atoms with E-state index >= 15 is 0 Å². The first kappa shape index (κ1) is 6.87. The summed E-state index contributed by atoms with van der Waals surface area (Å²) in [5.74, 6) is 0. The minimum absolute atomic E-state index is 0.0990. The number of hydrogen-bond donors (Lipinski definition) is 0. The van der Waals surface area contributed by atoms with Gasteiger partial charge in [0.15, 0.2) is 0 Å². The van der Waals surface area contributed by atoms with Gasteiger partial charge in [-0.1, -0.05) is 42.5 Å². The second-order valence-electron chi connectivity index (χ2n) is 2.24. The highest BCUT2D eigenvalue weighted by Gasteiger charge is 1.89. The lowest BCUT2D eigenvalue weighted by atomic mass is 10.4. The van der Waals surface area contributed by atoms with E-state index in [9.17, 15) is 0 Å². The van der Waals surface area contributed by atoms with Gasteiger partial charge in [-0.2, -0.15) is 0 Å². The van der Waals surface area contributed by atoms with Crippen molar-refractivity contribution in [1.82, 2.24) is 0 Å². The van der Waals surface area contributed by atoms with Gasteiger partial charge in [0.2, 0.25) is 0 Å². The number of hydrogen-bond acceptors (Lipinski definition) is 0. The summed E-state index contributed by atoms with van der Waals surface area (Å²) in [4.78, 5) is 0. The van der Waals surface area contributed by atoms with Crippen molar-refractivity contribution in [2.75, 3.05) is 0 Å². The lowest BCUT2D eigenvalue weighted by Gasteiger charge is -1.91. The molecule has 9 heavy (non-hydrogen) atoms. The zero-order valence-electron chi connectivity index (χ0n) is 5.80. The van der Waals surface area contributed by atoms with Crippen molar-refractivity contribution < 1.29 is 0 Å². The molecule has 46 valence electrons. The van der Waals surface area contributed by atoms with Gasteiger partial charge in [-0.15, -0.1) is 4.43 Å². The van der Waals surface area contributed by atoms with Crippen molar-refractivity contribution in [3.8, 4) is 0 Å². The number of benzene rings is 1. The molecule has 1 rings (SSSR count). The molecule has 1 aromatic carbocycles. The van der Waals surface area contributed by atoms with E-state index in [0.29, 0.717) is 0 Å². The third-order valence-corrected chi connectivity index (χ3v) is 2.93. The van der Waals surface area contributed by atoms with Crippen molar-refractivity contribution in [2.45, 2.75) is 12.2 Å². The van der Waals surface area contributed by atoms with Crippen molar-refractivity contribution in [2.24, 2.45) is 0 Å². The van der Waals surface area contributed by atoms with Gasteiger partial charge in [-0.3, -0.25) is 0 Å². The predicted octanol–water partition coefficient (Wildman–Crippen LogP) is 1.19. The van der Waals surface area contributed by atoms with Crippen LogP contribution < -0.4 is 4.43 Å². The molecule has 0 fully saturated rings. The Balaban J connectivity index is 2.61. The zero-order valence-corrected chi connectivity index (χ0v) is 7.22. The maximum Gasteiger partial charge on any atom is 0.282 e. The summed E-state index contributed by atoms with van der Waals surface area (Å²) >= 11 is 0.0990. The molecular formula is C8H11Al. The molecule has 0 radical (unpaired) electrons. The van der Waals surface area contributed by atoms with E-state index in [2.05, 4.69) is 37.3 Å². The van der Waals surface area contributed by atoms with E-state index in [1.807, 2.05) is 0 Å². The van der Waals surface area contributed by atoms with Crippen molar-refractivity contribution >= 4 is 19.6 Å². The van der Waals surface area contributed by atoms with Crippen LogP contribution in [0.3, 0.4) is 0 Å². The largest absolute Gasteiger partial charge is 0.282 e. The van der Waals surface area contributed by atoms with E-state index in [1.54, 1.807) is 4.43 Å². The van der Waals surface area contributed by atoms with Crippen LogP contribution >= 0.6 is 0 Å². The Morgan fingerprint density at radius 3 is 2.44 bits per heavy atom. The zero-order chi connectivity index (χ0) is 6.53. The minimum Gasteiger partial charge on any atom is -0.116 e. The van der Waals surface area contributed by atoms with Gasteiger partial charge in [-0.25, -0.2) is 0 Å². The maximum absolute atomic E-state index is 2.26. The van der Waals surface area contributed by atoms with Crippen LogP contribution in [0.5, 0.6) is 0 Å². The van der Waals surface area contributed by atoms with Crippen LogP contribution in [-0.4, -0.2) is 15.2 Å². The Labute approximate surface area is 62.6 Å². The average Bonchev–Trinajstić information content (AvgIpc) is 1.91. The Morgan fingerprint density at radius 1 is 1.22 bits per heavy atom. The highest BCUT2D eigenvalue weighted by Crippen LogP contribution is 1.82. The smallest absolute Gasteiger partial charge is 0.116 e. The first-order valence-corrected chi connectivity index (χ1v) is 5.18. The first-order valence-electron chi connectivity index (χ1n) is 3.47. The molecule has 0 amide bonds. The molecule has 1 heteroatoms. The standard InChI is InChI=1S/C6H5.C2H5.Al.H/c1-2-4-6-5-3-1;1-2;;/h1-5H;1H2,2H3;;. The van der Waals surface area contributed by atoms with Gasteiger partial charge >= 0.3 is 0 Å². The van der Waals surface area contributed by atoms with E-state index < -0.39 is 0 Å². The summed E-state index contributed by atoms with van der Waals surface area (Å²) in [6.45, 7) is 2.26. The molecule has 0 aliphatic rings. The molecule has 0 saturated heterocycles. The Hall–Kier alpha value is -0.248. The van der Waals surface area contributed by atoms with Crippen molar-refractivity contribution in [3.63, 3.8) is 0 Å². The quantitative estimate of drug-likeness (QED) is 0.533. The monoisotopic (exact) mass is 134 g/mol. The van der Waals surface area contributed by atoms with Crippen molar-refractivity contribution in [3.05, 3.63) is 30.3 Å². The molecule has 0 N–H and O–H groups in total. The molecule has 0 spiro atoms.